The molecule has 0 bridgehead atoms. The van der Waals surface area contributed by atoms with E-state index in [1.807, 2.05) is 0 Å². The van der Waals surface area contributed by atoms with Crippen molar-refractivity contribution in [3.05, 3.63) is 213 Å². The average Bonchev–Trinajstić information content (AvgIpc) is 3.65. The molecule has 0 heterocycles. The van der Waals surface area contributed by atoms with Crippen LogP contribution in [0.3, 0.4) is 0 Å². The van der Waals surface area contributed by atoms with Gasteiger partial charge in [-0.3, -0.25) is 0 Å². The SMILES string of the molecule is [CH]1[CH][C]2CCC[C]2[CH]C1.[Re].c1ccc(P(c2ccccc2)c2ccccc2)cc1.c1ccc(P(c2ccccc2)c2ccccc2)cc1. The Morgan fingerprint density at radius 3 is 0.875 bits per heavy atom. The quantitative estimate of drug-likeness (QED) is 0.147. The smallest absolute Gasteiger partial charge is 0 e. The largest absolute Gasteiger partial charge is 0.0622 e. The molecule has 48 heavy (non-hydrogen) atoms. The summed E-state index contributed by atoms with van der Waals surface area (Å²) in [6.07, 6.45) is 12.1. The first kappa shape index (κ1) is 36.1. The van der Waals surface area contributed by atoms with E-state index in [9.17, 15) is 0 Å². The second-order valence-corrected chi connectivity index (χ2v) is 15.9. The second-order valence-electron chi connectivity index (χ2n) is 11.4. The van der Waals surface area contributed by atoms with E-state index in [4.69, 9.17) is 0 Å². The molecule has 3 heteroatoms. The van der Waals surface area contributed by atoms with Crippen molar-refractivity contribution < 1.29 is 20.4 Å². The fourth-order valence-electron chi connectivity index (χ4n) is 5.99. The molecular formula is C45H41P2Re. The van der Waals surface area contributed by atoms with Gasteiger partial charge in [-0.05, 0) is 98.0 Å². The molecule has 0 N–H and O–H groups in total. The summed E-state index contributed by atoms with van der Waals surface area (Å²) in [6, 6.07) is 64.7. The van der Waals surface area contributed by atoms with Crippen LogP contribution in [0.25, 0.3) is 0 Å². The van der Waals surface area contributed by atoms with Crippen molar-refractivity contribution in [1.29, 1.82) is 0 Å². The van der Waals surface area contributed by atoms with Crippen molar-refractivity contribution in [2.24, 2.45) is 0 Å². The summed E-state index contributed by atoms with van der Waals surface area (Å²) in [6.45, 7) is 0. The molecule has 0 atom stereocenters. The maximum atomic E-state index is 2.36. The normalized spacial score (nSPS) is 14.1. The van der Waals surface area contributed by atoms with E-state index in [-0.39, 0.29) is 20.4 Å². The Labute approximate surface area is 305 Å². The third-order valence-corrected chi connectivity index (χ3v) is 13.1. The predicted molar refractivity (Wildman–Crippen MR) is 208 cm³/mol. The van der Waals surface area contributed by atoms with Crippen molar-refractivity contribution in [2.75, 3.05) is 0 Å². The van der Waals surface area contributed by atoms with Crippen molar-refractivity contribution in [1.82, 2.24) is 0 Å². The van der Waals surface area contributed by atoms with Gasteiger partial charge in [0, 0.05) is 20.4 Å². The third kappa shape index (κ3) is 10.2. The number of fused-ring (bicyclic) bond motifs is 1. The minimum Gasteiger partial charge on any atom is -0.0622 e. The van der Waals surface area contributed by atoms with Gasteiger partial charge in [0.15, 0.2) is 0 Å². The van der Waals surface area contributed by atoms with Gasteiger partial charge in [-0.25, -0.2) is 0 Å². The molecule has 2 aliphatic carbocycles. The molecule has 6 radical (unpaired) electrons. The Morgan fingerprint density at radius 1 is 0.333 bits per heavy atom. The van der Waals surface area contributed by atoms with Crippen LogP contribution < -0.4 is 31.8 Å². The summed E-state index contributed by atoms with van der Waals surface area (Å²) >= 11 is 0. The van der Waals surface area contributed by atoms with Gasteiger partial charge >= 0.3 is 0 Å². The van der Waals surface area contributed by atoms with Gasteiger partial charge in [0.2, 0.25) is 0 Å². The van der Waals surface area contributed by atoms with Crippen LogP contribution in [0.2, 0.25) is 0 Å². The Balaban J connectivity index is 0.000000148. The van der Waals surface area contributed by atoms with Crippen LogP contribution in [0, 0.1) is 31.1 Å². The zero-order chi connectivity index (χ0) is 31.9. The molecule has 6 aromatic carbocycles. The monoisotopic (exact) mass is 830 g/mol. The van der Waals surface area contributed by atoms with E-state index < -0.39 is 15.8 Å². The van der Waals surface area contributed by atoms with Gasteiger partial charge in [-0.2, -0.15) is 0 Å². The van der Waals surface area contributed by atoms with Gasteiger partial charge in [0.25, 0.3) is 0 Å². The third-order valence-electron chi connectivity index (χ3n) is 8.21. The minimum atomic E-state index is -0.446. The maximum Gasteiger partial charge on any atom is 0 e. The van der Waals surface area contributed by atoms with Gasteiger partial charge < -0.3 is 0 Å². The van der Waals surface area contributed by atoms with E-state index in [2.05, 4.69) is 201 Å². The van der Waals surface area contributed by atoms with Crippen molar-refractivity contribution in [3.63, 3.8) is 0 Å². The number of rotatable bonds is 6. The minimum absolute atomic E-state index is 0. The molecule has 6 aromatic rings. The molecule has 0 spiro atoms. The van der Waals surface area contributed by atoms with Crippen LogP contribution in [0.4, 0.5) is 0 Å². The van der Waals surface area contributed by atoms with Crippen LogP contribution in [-0.4, -0.2) is 0 Å². The number of hydrogen-bond acceptors (Lipinski definition) is 0. The van der Waals surface area contributed by atoms with Crippen LogP contribution in [0.5, 0.6) is 0 Å². The standard InChI is InChI=1S/2C18H15P.C9H11.Re/c2*1-4-10-16(11-5-1)19(17-12-6-2-7-13-17)18-14-8-3-9-15-18;1-2-5-9-7-3-6-8(9)4-1;/h2*1-15H;1,4-5H,2-3,6-7H2;. The number of hydrogen-bond donors (Lipinski definition) is 0. The fourth-order valence-corrected chi connectivity index (χ4v) is 10.6. The van der Waals surface area contributed by atoms with E-state index in [0.717, 1.165) is 0 Å². The predicted octanol–water partition coefficient (Wildman–Crippen LogP) is 9.22. The average molecular weight is 830 g/mol. The zero-order valence-corrected chi connectivity index (χ0v) is 31.7. The van der Waals surface area contributed by atoms with Gasteiger partial charge in [-0.1, -0.05) is 188 Å². The number of benzene rings is 6. The van der Waals surface area contributed by atoms with E-state index >= 15 is 0 Å². The Hall–Kier alpha value is -3.16. The Morgan fingerprint density at radius 2 is 0.604 bits per heavy atom. The Bertz CT molecular complexity index is 1380. The zero-order valence-electron chi connectivity index (χ0n) is 27.2. The van der Waals surface area contributed by atoms with Crippen molar-refractivity contribution in [3.8, 4) is 0 Å². The summed E-state index contributed by atoms with van der Waals surface area (Å²) in [7, 11) is -0.892. The molecule has 0 unspecified atom stereocenters. The first-order chi connectivity index (χ1) is 23.4. The molecule has 0 amide bonds. The molecule has 0 saturated heterocycles. The van der Waals surface area contributed by atoms with Crippen molar-refractivity contribution >= 4 is 47.7 Å². The van der Waals surface area contributed by atoms with E-state index in [0.29, 0.717) is 0 Å². The molecule has 238 valence electrons. The summed E-state index contributed by atoms with van der Waals surface area (Å²) in [5, 5.41) is 8.39. The summed E-state index contributed by atoms with van der Waals surface area (Å²) in [4.78, 5) is 0. The van der Waals surface area contributed by atoms with E-state index in [1.165, 1.54) is 57.5 Å². The fraction of sp³-hybridized carbons (Fsp3) is 0.0889. The molecule has 2 aliphatic rings. The summed E-state index contributed by atoms with van der Waals surface area (Å²) < 4.78 is 0. The molecule has 0 aliphatic heterocycles. The van der Waals surface area contributed by atoms with Crippen LogP contribution in [-0.2, 0) is 20.4 Å². The van der Waals surface area contributed by atoms with E-state index in [1.54, 1.807) is 11.8 Å². The van der Waals surface area contributed by atoms with Crippen LogP contribution in [0.1, 0.15) is 25.7 Å². The molecule has 8 rings (SSSR count). The molecular weight excluding hydrogens is 789 g/mol. The topological polar surface area (TPSA) is 0 Å². The molecule has 2 saturated carbocycles. The molecule has 0 aromatic heterocycles. The Kier molecular flexibility index (Phi) is 14.9. The van der Waals surface area contributed by atoms with Crippen LogP contribution >= 0.6 is 15.8 Å². The van der Waals surface area contributed by atoms with Gasteiger partial charge in [-0.15, -0.1) is 0 Å². The summed E-state index contributed by atoms with van der Waals surface area (Å²) in [5.41, 5.74) is 0. The van der Waals surface area contributed by atoms with Crippen molar-refractivity contribution in [2.45, 2.75) is 25.7 Å². The summed E-state index contributed by atoms with van der Waals surface area (Å²) in [5.74, 6) is 3.22. The van der Waals surface area contributed by atoms with Gasteiger partial charge in [0.05, 0.1) is 0 Å². The first-order valence-corrected chi connectivity index (χ1v) is 19.2. The van der Waals surface area contributed by atoms with Gasteiger partial charge in [0.1, 0.15) is 0 Å². The molecule has 2 fully saturated rings. The molecule has 0 nitrogen and oxygen atoms in total. The maximum absolute atomic E-state index is 2.36. The second kappa shape index (κ2) is 19.7. The first-order valence-electron chi connectivity index (χ1n) is 16.5. The van der Waals surface area contributed by atoms with Crippen LogP contribution in [0.15, 0.2) is 182 Å².